The highest BCUT2D eigenvalue weighted by Gasteiger charge is 2.76. The fourth-order valence-corrected chi connectivity index (χ4v) is 8.70. The molecule has 2 aliphatic heterocycles. The van der Waals surface area contributed by atoms with Gasteiger partial charge in [0.05, 0.1) is 29.8 Å². The Kier molecular flexibility index (Phi) is 7.33. The second-order valence-corrected chi connectivity index (χ2v) is 13.5. The first-order chi connectivity index (χ1) is 22.5. The number of phenols is 1. The predicted octanol–water partition coefficient (Wildman–Crippen LogP) is 6.34. The molecule has 4 aliphatic rings. The van der Waals surface area contributed by atoms with Crippen LogP contribution in [0.25, 0.3) is 6.08 Å². The summed E-state index contributed by atoms with van der Waals surface area (Å²) in [6.07, 6.45) is 3.48. The average molecular weight is 676 g/mol. The Bertz CT molecular complexity index is 1900. The number of aromatic hydroxyl groups is 1. The number of alkyl halides is 2. The van der Waals surface area contributed by atoms with Crippen molar-refractivity contribution in [3.8, 4) is 11.5 Å². The monoisotopic (exact) mass is 674 g/mol. The van der Waals surface area contributed by atoms with Gasteiger partial charge in [0.15, 0.2) is 21.2 Å². The maximum absolute atomic E-state index is 14.5. The Morgan fingerprint density at radius 3 is 2.26 bits per heavy atom. The van der Waals surface area contributed by atoms with Crippen molar-refractivity contribution in [2.45, 2.75) is 35.4 Å². The van der Waals surface area contributed by atoms with Gasteiger partial charge in [0.2, 0.25) is 11.8 Å². The number of amides is 4. The normalized spacial score (nSPS) is 29.7. The van der Waals surface area contributed by atoms with Crippen LogP contribution in [0.3, 0.4) is 0 Å². The van der Waals surface area contributed by atoms with E-state index in [0.717, 1.165) is 22.6 Å². The number of phenolic OH excluding ortho intramolecular Hbond substituents is 1. The lowest BCUT2D eigenvalue weighted by atomic mass is 9.56. The number of ether oxygens (including phenoxy) is 1. The molecule has 1 saturated carbocycles. The SMILES string of the molecule is C=Cc1ccc(N2C(=O)[C@H]3[C@H](CC=C4[C@H]3C[C@@]3(Cl)C(=O)N(c5ccc(F)cc5)C(=O)[C@@]3(Cl)[C@H]4c3ccc(O)c(OCC)c3)C2=O)cc1. The summed E-state index contributed by atoms with van der Waals surface area (Å²) in [5.41, 5.74) is 2.35. The molecule has 3 fully saturated rings. The minimum absolute atomic E-state index is 0.0893. The summed E-state index contributed by atoms with van der Waals surface area (Å²) < 4.78 is 19.5. The van der Waals surface area contributed by atoms with Crippen LogP contribution >= 0.6 is 23.2 Å². The van der Waals surface area contributed by atoms with Crippen LogP contribution in [0.4, 0.5) is 15.8 Å². The van der Waals surface area contributed by atoms with Crippen molar-refractivity contribution >= 4 is 64.3 Å². The summed E-state index contributed by atoms with van der Waals surface area (Å²) in [4.78, 5) is 54.8. The Balaban J connectivity index is 1.39. The number of nitrogens with zero attached hydrogens (tertiary/aromatic N) is 2. The van der Waals surface area contributed by atoms with E-state index in [1.165, 1.54) is 23.1 Å². The quantitative estimate of drug-likeness (QED) is 0.186. The standard InChI is InChI=1S/C36H29Cl2FN2O6/c1-3-19-5-10-22(11-6-19)40-31(43)25-15-14-24-26(29(25)32(40)44)18-35(37)33(45)41(23-12-8-21(39)9-13-23)34(46)36(35,38)30(24)20-7-16-27(42)28(17-20)47-4-2/h3,5-14,16-17,25-26,29-30,42H,1,4,15,18H2,2H3/t25-,26+,29-,30-,35+,36-/m0/s1. The summed E-state index contributed by atoms with van der Waals surface area (Å²) in [6.45, 7) is 5.73. The zero-order valence-electron chi connectivity index (χ0n) is 25.2. The molecule has 2 aliphatic carbocycles. The van der Waals surface area contributed by atoms with Gasteiger partial charge in [0.1, 0.15) is 5.82 Å². The molecule has 47 heavy (non-hydrogen) atoms. The number of carbonyl (C=O) groups excluding carboxylic acids is 4. The lowest BCUT2D eigenvalue weighted by molar-refractivity contribution is -0.125. The van der Waals surface area contributed by atoms with Gasteiger partial charge in [-0.2, -0.15) is 0 Å². The Hall–Kier alpha value is -4.47. The molecule has 3 aromatic rings. The number of allylic oxidation sites excluding steroid dienone is 2. The zero-order chi connectivity index (χ0) is 33.4. The van der Waals surface area contributed by atoms with Crippen LogP contribution in [0.2, 0.25) is 0 Å². The van der Waals surface area contributed by atoms with Gasteiger partial charge in [-0.05, 0) is 85.3 Å². The lowest BCUT2D eigenvalue weighted by Gasteiger charge is -2.50. The third-order valence-electron chi connectivity index (χ3n) is 9.90. The Labute approximate surface area is 280 Å². The predicted molar refractivity (Wildman–Crippen MR) is 175 cm³/mol. The largest absolute Gasteiger partial charge is 0.504 e. The summed E-state index contributed by atoms with van der Waals surface area (Å²) in [6, 6.07) is 16.2. The van der Waals surface area contributed by atoms with E-state index in [9.17, 15) is 28.7 Å². The average Bonchev–Trinajstić information content (AvgIpc) is 3.40. The van der Waals surface area contributed by atoms with Crippen LogP contribution < -0.4 is 14.5 Å². The van der Waals surface area contributed by atoms with E-state index in [1.807, 2.05) is 6.08 Å². The van der Waals surface area contributed by atoms with E-state index < -0.39 is 57.0 Å². The number of rotatable bonds is 6. The van der Waals surface area contributed by atoms with E-state index in [4.69, 9.17) is 27.9 Å². The second kappa shape index (κ2) is 11.1. The number of halogens is 3. The first-order valence-corrected chi connectivity index (χ1v) is 16.0. The number of hydrogen-bond donors (Lipinski definition) is 1. The lowest BCUT2D eigenvalue weighted by Crippen LogP contribution is -2.60. The van der Waals surface area contributed by atoms with Gasteiger partial charge in [-0.25, -0.2) is 9.29 Å². The highest BCUT2D eigenvalue weighted by atomic mass is 35.5. The minimum atomic E-state index is -2.10. The number of hydrogen-bond acceptors (Lipinski definition) is 6. The number of carbonyl (C=O) groups is 4. The summed E-state index contributed by atoms with van der Waals surface area (Å²) in [5.74, 6) is -6.40. The third kappa shape index (κ3) is 4.32. The molecule has 4 amide bonds. The van der Waals surface area contributed by atoms with Gasteiger partial charge in [-0.1, -0.05) is 42.5 Å². The van der Waals surface area contributed by atoms with E-state index in [0.29, 0.717) is 16.8 Å². The number of imide groups is 2. The van der Waals surface area contributed by atoms with Crippen molar-refractivity contribution in [1.82, 2.24) is 0 Å². The van der Waals surface area contributed by atoms with Crippen LogP contribution in [0.5, 0.6) is 11.5 Å². The first-order valence-electron chi connectivity index (χ1n) is 15.2. The molecule has 0 unspecified atom stereocenters. The fraction of sp³-hybridized carbons (Fsp3) is 0.278. The molecule has 0 aromatic heterocycles. The van der Waals surface area contributed by atoms with Crippen molar-refractivity contribution in [3.05, 3.63) is 102 Å². The zero-order valence-corrected chi connectivity index (χ0v) is 26.7. The van der Waals surface area contributed by atoms with Crippen molar-refractivity contribution < 1.29 is 33.4 Å². The maximum atomic E-state index is 14.5. The smallest absolute Gasteiger partial charge is 0.258 e. The number of anilines is 2. The second-order valence-electron chi connectivity index (χ2n) is 12.2. The molecule has 0 bridgehead atoms. The number of fused-ring (bicyclic) bond motifs is 4. The van der Waals surface area contributed by atoms with E-state index in [2.05, 4.69) is 6.58 Å². The van der Waals surface area contributed by atoms with Gasteiger partial charge in [-0.15, -0.1) is 23.2 Å². The number of benzene rings is 3. The molecule has 2 saturated heterocycles. The fourth-order valence-electron chi connectivity index (χ4n) is 7.77. The van der Waals surface area contributed by atoms with Crippen LogP contribution in [-0.2, 0) is 19.2 Å². The van der Waals surface area contributed by atoms with Crippen molar-refractivity contribution in [1.29, 1.82) is 0 Å². The maximum Gasteiger partial charge on any atom is 0.258 e. The molecular weight excluding hydrogens is 646 g/mol. The highest BCUT2D eigenvalue weighted by Crippen LogP contribution is 2.66. The van der Waals surface area contributed by atoms with Gasteiger partial charge < -0.3 is 9.84 Å². The summed E-state index contributed by atoms with van der Waals surface area (Å²) in [5, 5.41) is 10.5. The molecule has 3 aromatic carbocycles. The molecule has 11 heteroatoms. The van der Waals surface area contributed by atoms with Crippen molar-refractivity contribution in [2.24, 2.45) is 17.8 Å². The molecular formula is C36H29Cl2FN2O6. The molecule has 0 spiro atoms. The Morgan fingerprint density at radius 1 is 0.936 bits per heavy atom. The van der Waals surface area contributed by atoms with Gasteiger partial charge in [0, 0.05) is 5.92 Å². The molecule has 7 rings (SSSR count). The van der Waals surface area contributed by atoms with Crippen LogP contribution in [0.15, 0.2) is 85.0 Å². The molecule has 8 nitrogen and oxygen atoms in total. The van der Waals surface area contributed by atoms with Crippen LogP contribution in [0, 0.1) is 23.6 Å². The van der Waals surface area contributed by atoms with E-state index in [1.54, 1.807) is 49.4 Å². The molecule has 6 atom stereocenters. The van der Waals surface area contributed by atoms with Gasteiger partial charge in [-0.3, -0.25) is 24.1 Å². The molecule has 240 valence electrons. The first kappa shape index (κ1) is 31.1. The minimum Gasteiger partial charge on any atom is -0.504 e. The van der Waals surface area contributed by atoms with Crippen molar-refractivity contribution in [3.63, 3.8) is 0 Å². The van der Waals surface area contributed by atoms with Crippen LogP contribution in [0.1, 0.15) is 36.8 Å². The van der Waals surface area contributed by atoms with Crippen LogP contribution in [-0.4, -0.2) is 45.1 Å². The third-order valence-corrected chi connectivity index (χ3v) is 11.3. The highest BCUT2D eigenvalue weighted by molar-refractivity contribution is 6.58. The summed E-state index contributed by atoms with van der Waals surface area (Å²) >= 11 is 14.8. The molecule has 0 radical (unpaired) electrons. The molecule has 2 heterocycles. The van der Waals surface area contributed by atoms with Gasteiger partial charge >= 0.3 is 0 Å². The van der Waals surface area contributed by atoms with Crippen molar-refractivity contribution in [2.75, 3.05) is 16.4 Å². The topological polar surface area (TPSA) is 104 Å². The van der Waals surface area contributed by atoms with E-state index in [-0.39, 0.29) is 42.5 Å². The Morgan fingerprint density at radius 2 is 1.60 bits per heavy atom. The molecule has 1 N–H and O–H groups in total. The summed E-state index contributed by atoms with van der Waals surface area (Å²) in [7, 11) is 0. The van der Waals surface area contributed by atoms with Gasteiger partial charge in [0.25, 0.3) is 11.8 Å². The van der Waals surface area contributed by atoms with E-state index >= 15 is 0 Å².